The smallest absolute Gasteiger partial charge is 0.255 e. The summed E-state index contributed by atoms with van der Waals surface area (Å²) >= 11 is 11.2. The normalized spacial score (nSPS) is 12.3. The van der Waals surface area contributed by atoms with Crippen molar-refractivity contribution in [3.63, 3.8) is 0 Å². The van der Waals surface area contributed by atoms with Crippen molar-refractivity contribution in [2.24, 2.45) is 0 Å². The van der Waals surface area contributed by atoms with Crippen molar-refractivity contribution in [3.8, 4) is 0 Å². The first-order valence-electron chi connectivity index (χ1n) is 5.71. The van der Waals surface area contributed by atoms with E-state index in [2.05, 4.69) is 15.9 Å². The molecule has 1 atom stereocenters. The zero-order chi connectivity index (χ0) is 14.4. The number of carbonyl (C=O) groups excluding carboxylic acids is 1. The molecule has 0 N–H and O–H groups in total. The molecule has 0 saturated heterocycles. The van der Waals surface area contributed by atoms with Crippen molar-refractivity contribution in [1.29, 1.82) is 0 Å². The number of benzene rings is 1. The summed E-state index contributed by atoms with van der Waals surface area (Å²) in [6, 6.07) is 5.49. The highest BCUT2D eigenvalue weighted by Crippen LogP contribution is 2.24. The molecule has 0 heterocycles. The maximum absolute atomic E-state index is 12.3. The van der Waals surface area contributed by atoms with Crippen LogP contribution in [0, 0.1) is 0 Å². The monoisotopic (exact) mass is 365 g/mol. The molecule has 1 rings (SSSR count). The van der Waals surface area contributed by atoms with Gasteiger partial charge in [0, 0.05) is 25.6 Å². The molecule has 3 nitrogen and oxygen atoms in total. The average molecular weight is 367 g/mol. The van der Waals surface area contributed by atoms with Gasteiger partial charge in [-0.15, -0.1) is 11.8 Å². The van der Waals surface area contributed by atoms with Gasteiger partial charge in [-0.25, -0.2) is 0 Å². The Morgan fingerprint density at radius 3 is 2.84 bits per heavy atom. The van der Waals surface area contributed by atoms with E-state index in [-0.39, 0.29) is 10.7 Å². The Morgan fingerprint density at radius 1 is 1.58 bits per heavy atom. The first-order valence-corrected chi connectivity index (χ1v) is 8.23. The number of rotatable bonds is 6. The molecule has 0 aliphatic heterocycles. The van der Waals surface area contributed by atoms with Crippen LogP contribution in [0.1, 0.15) is 10.4 Å². The molecule has 0 spiro atoms. The molecule has 1 amide bonds. The van der Waals surface area contributed by atoms with Crippen molar-refractivity contribution in [1.82, 2.24) is 4.90 Å². The van der Waals surface area contributed by atoms with Gasteiger partial charge in [-0.05, 0) is 24.5 Å². The fourth-order valence-corrected chi connectivity index (χ4v) is 2.95. The van der Waals surface area contributed by atoms with Gasteiger partial charge in [0.15, 0.2) is 0 Å². The molecule has 0 fully saturated rings. The molecule has 19 heavy (non-hydrogen) atoms. The zero-order valence-corrected chi connectivity index (χ0v) is 14.3. The molecule has 1 aromatic carbocycles. The molecular formula is C13H17BrClNO2S. The quantitative estimate of drug-likeness (QED) is 0.569. The largest absolute Gasteiger partial charge is 0.383 e. The minimum atomic E-state index is -0.0820. The number of halogens is 2. The van der Waals surface area contributed by atoms with Gasteiger partial charge in [0.05, 0.1) is 22.0 Å². The molecule has 0 aliphatic carbocycles. The number of hydrogen-bond acceptors (Lipinski definition) is 3. The second-order valence-corrected chi connectivity index (χ2v) is 6.67. The third-order valence-electron chi connectivity index (χ3n) is 2.57. The van der Waals surface area contributed by atoms with Gasteiger partial charge in [-0.1, -0.05) is 27.5 Å². The molecule has 0 saturated carbocycles. The summed E-state index contributed by atoms with van der Waals surface area (Å²) in [5.41, 5.74) is 0.535. The van der Waals surface area contributed by atoms with Gasteiger partial charge >= 0.3 is 0 Å². The highest BCUT2D eigenvalue weighted by molar-refractivity contribution is 9.09. The Bertz CT molecular complexity index is 445. The summed E-state index contributed by atoms with van der Waals surface area (Å²) in [5, 5.41) is 0.479. The van der Waals surface area contributed by atoms with Crippen LogP contribution in [-0.2, 0) is 4.74 Å². The summed E-state index contributed by atoms with van der Waals surface area (Å²) in [5.74, 6) is -0.0820. The maximum atomic E-state index is 12.3. The maximum Gasteiger partial charge on any atom is 0.255 e. The van der Waals surface area contributed by atoms with Gasteiger partial charge in [-0.2, -0.15) is 0 Å². The Morgan fingerprint density at radius 2 is 2.26 bits per heavy atom. The molecule has 0 bridgehead atoms. The van der Waals surface area contributed by atoms with Crippen molar-refractivity contribution < 1.29 is 9.53 Å². The molecular weight excluding hydrogens is 350 g/mol. The van der Waals surface area contributed by atoms with Crippen LogP contribution in [0.15, 0.2) is 23.1 Å². The number of alkyl halides is 1. The molecule has 106 valence electrons. The topological polar surface area (TPSA) is 29.5 Å². The molecule has 1 unspecified atom stereocenters. The summed E-state index contributed by atoms with van der Waals surface area (Å²) in [4.78, 5) is 15.1. The van der Waals surface area contributed by atoms with Crippen LogP contribution >= 0.6 is 39.3 Å². The van der Waals surface area contributed by atoms with Gasteiger partial charge in [0.1, 0.15) is 0 Å². The standard InChI is InChI=1S/C13H17BrClNO2S/c1-16(7-9(14)8-18-2)13(17)11-6-10(19-3)4-5-12(11)15/h4-6,9H,7-8H2,1-3H3. The number of ether oxygens (including phenoxy) is 1. The van der Waals surface area contributed by atoms with E-state index in [0.717, 1.165) is 4.90 Å². The van der Waals surface area contributed by atoms with E-state index in [1.807, 2.05) is 18.4 Å². The Hall–Kier alpha value is -0.230. The van der Waals surface area contributed by atoms with Crippen LogP contribution < -0.4 is 0 Å². The summed E-state index contributed by atoms with van der Waals surface area (Å²) in [7, 11) is 3.39. The second-order valence-electron chi connectivity index (χ2n) is 4.08. The molecule has 0 aliphatic rings. The van der Waals surface area contributed by atoms with Crippen LogP contribution in [0.4, 0.5) is 0 Å². The average Bonchev–Trinajstić information content (AvgIpc) is 2.38. The Kier molecular flexibility index (Phi) is 7.21. The first kappa shape index (κ1) is 16.8. The molecule has 1 aromatic rings. The van der Waals surface area contributed by atoms with Crippen LogP contribution in [0.5, 0.6) is 0 Å². The lowest BCUT2D eigenvalue weighted by Gasteiger charge is -2.21. The number of methoxy groups -OCH3 is 1. The number of nitrogens with zero attached hydrogens (tertiary/aromatic N) is 1. The molecule has 0 radical (unpaired) electrons. The van der Waals surface area contributed by atoms with Crippen molar-refractivity contribution in [3.05, 3.63) is 28.8 Å². The fraction of sp³-hybridized carbons (Fsp3) is 0.462. The second kappa shape index (κ2) is 8.15. The van der Waals surface area contributed by atoms with Crippen molar-refractivity contribution >= 4 is 45.2 Å². The SMILES string of the molecule is COCC(Br)CN(C)C(=O)c1cc(SC)ccc1Cl. The number of thioether (sulfide) groups is 1. The van der Waals surface area contributed by atoms with Crippen molar-refractivity contribution in [2.45, 2.75) is 9.72 Å². The van der Waals surface area contributed by atoms with Crippen LogP contribution in [0.2, 0.25) is 5.02 Å². The third kappa shape index (κ3) is 4.99. The summed E-state index contributed by atoms with van der Waals surface area (Å²) in [6.07, 6.45) is 1.97. The molecule has 0 aromatic heterocycles. The van der Waals surface area contributed by atoms with E-state index in [1.54, 1.807) is 36.9 Å². The van der Waals surface area contributed by atoms with E-state index in [4.69, 9.17) is 16.3 Å². The van der Waals surface area contributed by atoms with E-state index in [0.29, 0.717) is 23.7 Å². The Labute approximate surface area is 131 Å². The van der Waals surface area contributed by atoms with Crippen molar-refractivity contribution in [2.75, 3.05) is 33.6 Å². The lowest BCUT2D eigenvalue weighted by molar-refractivity contribution is 0.0784. The van der Waals surface area contributed by atoms with E-state index in [1.165, 1.54) is 0 Å². The summed E-state index contributed by atoms with van der Waals surface area (Å²) < 4.78 is 5.04. The van der Waals surface area contributed by atoms with Gasteiger partial charge < -0.3 is 9.64 Å². The van der Waals surface area contributed by atoms with Gasteiger partial charge in [0.25, 0.3) is 5.91 Å². The highest BCUT2D eigenvalue weighted by Gasteiger charge is 2.18. The van der Waals surface area contributed by atoms with Crippen LogP contribution in [0.3, 0.4) is 0 Å². The van der Waals surface area contributed by atoms with Gasteiger partial charge in [-0.3, -0.25) is 4.79 Å². The fourth-order valence-electron chi connectivity index (χ4n) is 1.61. The predicted molar refractivity (Wildman–Crippen MR) is 84.8 cm³/mol. The lowest BCUT2D eigenvalue weighted by atomic mass is 10.2. The Balaban J connectivity index is 2.81. The number of hydrogen-bond donors (Lipinski definition) is 0. The predicted octanol–water partition coefficient (Wildman–Crippen LogP) is 3.54. The van der Waals surface area contributed by atoms with E-state index < -0.39 is 0 Å². The van der Waals surface area contributed by atoms with E-state index in [9.17, 15) is 4.79 Å². The van der Waals surface area contributed by atoms with Gasteiger partial charge in [0.2, 0.25) is 0 Å². The minimum Gasteiger partial charge on any atom is -0.383 e. The zero-order valence-electron chi connectivity index (χ0n) is 11.2. The minimum absolute atomic E-state index is 0.0820. The third-order valence-corrected chi connectivity index (χ3v) is 4.18. The summed E-state index contributed by atoms with van der Waals surface area (Å²) in [6.45, 7) is 1.11. The first-order chi connectivity index (χ1) is 8.99. The van der Waals surface area contributed by atoms with E-state index >= 15 is 0 Å². The molecule has 6 heteroatoms. The highest BCUT2D eigenvalue weighted by atomic mass is 79.9. The van der Waals surface area contributed by atoms with Crippen LogP contribution in [0.25, 0.3) is 0 Å². The lowest BCUT2D eigenvalue weighted by Crippen LogP contribution is -2.33. The number of amides is 1. The van der Waals surface area contributed by atoms with Crippen LogP contribution in [-0.4, -0.2) is 49.2 Å². The number of carbonyl (C=O) groups is 1.